The highest BCUT2D eigenvalue weighted by molar-refractivity contribution is 5.90. The average molecular weight is 400 g/mol. The number of carbonyl (C=O) groups is 1. The van der Waals surface area contributed by atoms with Gasteiger partial charge in [-0.05, 0) is 37.7 Å². The van der Waals surface area contributed by atoms with Gasteiger partial charge in [0.15, 0.2) is 0 Å². The van der Waals surface area contributed by atoms with Crippen LogP contribution in [0.4, 0.5) is 5.69 Å². The van der Waals surface area contributed by atoms with Crippen LogP contribution >= 0.6 is 37.2 Å². The van der Waals surface area contributed by atoms with Gasteiger partial charge in [0, 0.05) is 44.8 Å². The van der Waals surface area contributed by atoms with Crippen LogP contribution in [0.3, 0.4) is 0 Å². The lowest BCUT2D eigenvalue weighted by atomic mass is 10.1. The molecule has 1 heterocycles. The average Bonchev–Trinajstić information content (AvgIpc) is 2.48. The largest absolute Gasteiger partial charge is 0.330 e. The number of carbonyl (C=O) groups excluding carboxylic acids is 1. The van der Waals surface area contributed by atoms with Gasteiger partial charge in [0.05, 0.1) is 0 Å². The summed E-state index contributed by atoms with van der Waals surface area (Å²) in [5.74, 6) is 0.0391. The van der Waals surface area contributed by atoms with Gasteiger partial charge in [0.1, 0.15) is 0 Å². The number of hydrogen-bond acceptors (Lipinski definition) is 4. The molecule has 1 saturated heterocycles. The molecule has 140 valence electrons. The van der Waals surface area contributed by atoms with Crippen LogP contribution in [0.25, 0.3) is 0 Å². The first kappa shape index (κ1) is 25.7. The Labute approximate surface area is 163 Å². The second-order valence-corrected chi connectivity index (χ2v) is 5.72. The van der Waals surface area contributed by atoms with Crippen molar-refractivity contribution in [3.05, 3.63) is 29.8 Å². The van der Waals surface area contributed by atoms with E-state index in [1.165, 1.54) is 5.56 Å². The number of benzene rings is 1. The van der Waals surface area contributed by atoms with Crippen LogP contribution in [0.5, 0.6) is 0 Å². The second kappa shape index (κ2) is 13.7. The van der Waals surface area contributed by atoms with Crippen molar-refractivity contribution < 1.29 is 4.79 Å². The zero-order valence-electron chi connectivity index (χ0n) is 14.1. The molecule has 1 aromatic carbocycles. The molecule has 0 spiro atoms. The molecule has 1 aromatic rings. The van der Waals surface area contributed by atoms with Gasteiger partial charge in [-0.3, -0.25) is 9.69 Å². The van der Waals surface area contributed by atoms with E-state index in [9.17, 15) is 4.79 Å². The van der Waals surface area contributed by atoms with Gasteiger partial charge in [-0.1, -0.05) is 12.1 Å². The molecule has 5 nitrogen and oxygen atoms in total. The van der Waals surface area contributed by atoms with Crippen molar-refractivity contribution in [1.82, 2.24) is 9.80 Å². The predicted molar refractivity (Wildman–Crippen MR) is 108 cm³/mol. The van der Waals surface area contributed by atoms with E-state index in [1.54, 1.807) is 0 Å². The Balaban J connectivity index is 0. The zero-order chi connectivity index (χ0) is 15.1. The molecule has 8 heteroatoms. The normalized spacial score (nSPS) is 14.8. The fraction of sp³-hybridized carbons (Fsp3) is 0.562. The highest BCUT2D eigenvalue weighted by Crippen LogP contribution is 2.14. The van der Waals surface area contributed by atoms with Crippen molar-refractivity contribution in [2.24, 2.45) is 5.73 Å². The van der Waals surface area contributed by atoms with E-state index in [2.05, 4.69) is 34.3 Å². The summed E-state index contributed by atoms with van der Waals surface area (Å²) in [5, 5.41) is 2.94. The van der Waals surface area contributed by atoms with E-state index in [1.807, 2.05) is 12.1 Å². The zero-order valence-corrected chi connectivity index (χ0v) is 16.5. The molecular weight excluding hydrogens is 371 g/mol. The maximum absolute atomic E-state index is 11.7. The number of rotatable bonds is 6. The molecule has 0 atom stereocenters. The van der Waals surface area contributed by atoms with Crippen LogP contribution in [-0.4, -0.2) is 55.5 Å². The number of likely N-dealkylation sites (N-methyl/N-ethyl adjacent to an activating group) is 1. The Morgan fingerprint density at radius 1 is 1.17 bits per heavy atom. The van der Waals surface area contributed by atoms with Crippen LogP contribution in [0.1, 0.15) is 18.4 Å². The fourth-order valence-corrected chi connectivity index (χ4v) is 2.50. The summed E-state index contributed by atoms with van der Waals surface area (Å²) >= 11 is 0. The summed E-state index contributed by atoms with van der Waals surface area (Å²) in [6, 6.07) is 8.13. The summed E-state index contributed by atoms with van der Waals surface area (Å²) in [7, 11) is 2.16. The van der Waals surface area contributed by atoms with Crippen molar-refractivity contribution in [2.45, 2.75) is 19.4 Å². The number of piperazine rings is 1. The summed E-state index contributed by atoms with van der Waals surface area (Å²) in [5.41, 5.74) is 7.54. The summed E-state index contributed by atoms with van der Waals surface area (Å²) < 4.78 is 0. The quantitative estimate of drug-likeness (QED) is 0.771. The monoisotopic (exact) mass is 398 g/mol. The van der Waals surface area contributed by atoms with E-state index in [0.29, 0.717) is 13.0 Å². The fourth-order valence-electron chi connectivity index (χ4n) is 2.50. The first-order valence-electron chi connectivity index (χ1n) is 7.67. The number of nitrogens with one attached hydrogen (secondary N) is 1. The molecule has 1 amide bonds. The third kappa shape index (κ3) is 9.06. The molecule has 0 saturated carbocycles. The standard InChI is InChI=1S/C16H26N4O.3ClH/c1-19-8-10-20(11-9-19)13-14-4-2-5-15(12-14)18-16(21)6-3-7-17;;;/h2,4-5,12H,3,6-11,13,17H2,1H3,(H,18,21);3*1H. The maximum Gasteiger partial charge on any atom is 0.224 e. The van der Waals surface area contributed by atoms with Crippen LogP contribution in [0.15, 0.2) is 24.3 Å². The maximum atomic E-state index is 11.7. The Bertz CT molecular complexity index is 468. The molecular formula is C16H29Cl3N4O. The second-order valence-electron chi connectivity index (χ2n) is 5.72. The van der Waals surface area contributed by atoms with Crippen LogP contribution in [-0.2, 0) is 11.3 Å². The van der Waals surface area contributed by atoms with E-state index in [-0.39, 0.29) is 43.1 Å². The highest BCUT2D eigenvalue weighted by atomic mass is 35.5. The van der Waals surface area contributed by atoms with E-state index in [4.69, 9.17) is 5.73 Å². The minimum absolute atomic E-state index is 0. The summed E-state index contributed by atoms with van der Waals surface area (Å²) in [6.07, 6.45) is 1.21. The third-order valence-corrected chi connectivity index (χ3v) is 3.82. The SMILES string of the molecule is CN1CCN(Cc2cccc(NC(=O)CCCN)c2)CC1.Cl.Cl.Cl. The number of nitrogens with zero attached hydrogens (tertiary/aromatic N) is 2. The lowest BCUT2D eigenvalue weighted by Gasteiger charge is -2.32. The van der Waals surface area contributed by atoms with Gasteiger partial charge in [-0.2, -0.15) is 0 Å². The van der Waals surface area contributed by atoms with Crippen LogP contribution < -0.4 is 11.1 Å². The van der Waals surface area contributed by atoms with Gasteiger partial charge in [0.2, 0.25) is 5.91 Å². The van der Waals surface area contributed by atoms with Crippen LogP contribution in [0, 0.1) is 0 Å². The Hall–Kier alpha value is -0.560. The number of nitrogens with two attached hydrogens (primary N) is 1. The minimum atomic E-state index is 0. The molecule has 0 aromatic heterocycles. The molecule has 0 aliphatic carbocycles. The molecule has 2 rings (SSSR count). The number of anilines is 1. The number of amides is 1. The number of hydrogen-bond donors (Lipinski definition) is 2. The van der Waals surface area contributed by atoms with Gasteiger partial charge in [0.25, 0.3) is 0 Å². The molecule has 3 N–H and O–H groups in total. The summed E-state index contributed by atoms with van der Waals surface area (Å²) in [6.45, 7) is 5.94. The predicted octanol–water partition coefficient (Wildman–Crippen LogP) is 2.38. The van der Waals surface area contributed by atoms with E-state index in [0.717, 1.165) is 44.8 Å². The van der Waals surface area contributed by atoms with Crippen molar-refractivity contribution >= 4 is 48.8 Å². The van der Waals surface area contributed by atoms with Crippen molar-refractivity contribution in [2.75, 3.05) is 45.1 Å². The lowest BCUT2D eigenvalue weighted by molar-refractivity contribution is -0.116. The Kier molecular flexibility index (Phi) is 14.7. The van der Waals surface area contributed by atoms with Crippen molar-refractivity contribution in [3.63, 3.8) is 0 Å². The minimum Gasteiger partial charge on any atom is -0.330 e. The van der Waals surface area contributed by atoms with Crippen molar-refractivity contribution in [1.29, 1.82) is 0 Å². The third-order valence-electron chi connectivity index (χ3n) is 3.82. The van der Waals surface area contributed by atoms with Gasteiger partial charge < -0.3 is 16.0 Å². The molecule has 1 aliphatic heterocycles. The molecule has 24 heavy (non-hydrogen) atoms. The van der Waals surface area contributed by atoms with Gasteiger partial charge >= 0.3 is 0 Å². The summed E-state index contributed by atoms with van der Waals surface area (Å²) in [4.78, 5) is 16.5. The lowest BCUT2D eigenvalue weighted by Crippen LogP contribution is -2.43. The smallest absolute Gasteiger partial charge is 0.224 e. The molecule has 0 radical (unpaired) electrons. The Morgan fingerprint density at radius 3 is 2.46 bits per heavy atom. The highest BCUT2D eigenvalue weighted by Gasteiger charge is 2.14. The van der Waals surface area contributed by atoms with Gasteiger partial charge in [-0.25, -0.2) is 0 Å². The van der Waals surface area contributed by atoms with Crippen LogP contribution in [0.2, 0.25) is 0 Å². The molecule has 1 fully saturated rings. The Morgan fingerprint density at radius 2 is 1.83 bits per heavy atom. The van der Waals surface area contributed by atoms with Crippen molar-refractivity contribution in [3.8, 4) is 0 Å². The van der Waals surface area contributed by atoms with E-state index >= 15 is 0 Å². The number of halogens is 3. The molecule has 0 unspecified atom stereocenters. The van der Waals surface area contributed by atoms with Gasteiger partial charge in [-0.15, -0.1) is 37.2 Å². The first-order chi connectivity index (χ1) is 10.2. The molecule has 1 aliphatic rings. The first-order valence-corrected chi connectivity index (χ1v) is 7.67. The van der Waals surface area contributed by atoms with E-state index < -0.39 is 0 Å². The topological polar surface area (TPSA) is 61.6 Å². The molecule has 0 bridgehead atoms.